The second-order valence-electron chi connectivity index (χ2n) is 5.20. The lowest BCUT2D eigenvalue weighted by Gasteiger charge is -2.27. The lowest BCUT2D eigenvalue weighted by Crippen LogP contribution is -2.36. The van der Waals surface area contributed by atoms with Crippen LogP contribution in [0.5, 0.6) is 0 Å². The van der Waals surface area contributed by atoms with E-state index in [9.17, 15) is 0 Å². The van der Waals surface area contributed by atoms with Crippen molar-refractivity contribution in [2.75, 3.05) is 17.7 Å². The zero-order valence-corrected chi connectivity index (χ0v) is 13.1. The first kappa shape index (κ1) is 14.0. The van der Waals surface area contributed by atoms with Crippen LogP contribution in [-0.2, 0) is 0 Å². The Morgan fingerprint density at radius 2 is 1.95 bits per heavy atom. The van der Waals surface area contributed by atoms with Crippen molar-refractivity contribution in [1.29, 1.82) is 0 Å². The topological polar surface area (TPSA) is 41.6 Å². The Hall–Kier alpha value is -1.94. The van der Waals surface area contributed by atoms with Crippen LogP contribution >= 0.6 is 11.8 Å². The first-order valence-electron chi connectivity index (χ1n) is 6.99. The fraction of sp³-hybridized carbons (Fsp3) is 0.235. The minimum absolute atomic E-state index is 0.183. The van der Waals surface area contributed by atoms with Crippen molar-refractivity contribution in [2.45, 2.75) is 17.9 Å². The van der Waals surface area contributed by atoms with Crippen molar-refractivity contribution in [3.8, 4) is 0 Å². The van der Waals surface area contributed by atoms with Gasteiger partial charge in [-0.2, -0.15) is 0 Å². The van der Waals surface area contributed by atoms with Crippen LogP contribution < -0.4 is 10.6 Å². The first-order valence-corrected chi connectivity index (χ1v) is 8.21. The third-order valence-electron chi connectivity index (χ3n) is 3.77. The molecule has 1 aliphatic rings. The molecule has 1 unspecified atom stereocenters. The molecular formula is C17H19N3S. The average molecular weight is 297 g/mol. The number of benzene rings is 2. The number of rotatable bonds is 3. The molecule has 0 aromatic heterocycles. The summed E-state index contributed by atoms with van der Waals surface area (Å²) in [4.78, 5) is 7.84. The lowest BCUT2D eigenvalue weighted by molar-refractivity contribution is 0.767. The molecule has 0 aliphatic carbocycles. The summed E-state index contributed by atoms with van der Waals surface area (Å²) < 4.78 is 0. The fourth-order valence-electron chi connectivity index (χ4n) is 2.67. The summed E-state index contributed by atoms with van der Waals surface area (Å²) in [5.41, 5.74) is 9.70. The highest BCUT2D eigenvalue weighted by molar-refractivity contribution is 7.98. The normalized spacial score (nSPS) is 17.9. The molecule has 0 fully saturated rings. The molecular weight excluding hydrogens is 278 g/mol. The molecule has 4 heteroatoms. The molecule has 3 rings (SSSR count). The second-order valence-corrected chi connectivity index (χ2v) is 6.08. The minimum atomic E-state index is 0.183. The van der Waals surface area contributed by atoms with E-state index in [1.165, 1.54) is 16.0 Å². The van der Waals surface area contributed by atoms with Crippen LogP contribution in [0.15, 0.2) is 58.4 Å². The fourth-order valence-corrected chi connectivity index (χ4v) is 3.08. The molecule has 108 valence electrons. The Morgan fingerprint density at radius 1 is 1.19 bits per heavy atom. The van der Waals surface area contributed by atoms with Gasteiger partial charge in [0.1, 0.15) is 0 Å². The molecule has 0 amide bonds. The van der Waals surface area contributed by atoms with E-state index < -0.39 is 0 Å². The molecule has 1 aliphatic heterocycles. The minimum Gasteiger partial charge on any atom is -0.369 e. The first-order chi connectivity index (χ1) is 10.2. The molecule has 21 heavy (non-hydrogen) atoms. The van der Waals surface area contributed by atoms with Crippen molar-refractivity contribution < 1.29 is 0 Å². The molecule has 0 saturated carbocycles. The Bertz CT molecular complexity index is 664. The predicted octanol–water partition coefficient (Wildman–Crippen LogP) is 3.59. The van der Waals surface area contributed by atoms with Gasteiger partial charge in [0, 0.05) is 10.6 Å². The molecule has 1 heterocycles. The van der Waals surface area contributed by atoms with Gasteiger partial charge < -0.3 is 10.6 Å². The lowest BCUT2D eigenvalue weighted by atomic mass is 10.1. The van der Waals surface area contributed by atoms with E-state index in [0.717, 1.165) is 5.69 Å². The Morgan fingerprint density at radius 3 is 2.62 bits per heavy atom. The quantitative estimate of drug-likeness (QED) is 0.880. The third-order valence-corrected chi connectivity index (χ3v) is 4.51. The van der Waals surface area contributed by atoms with Crippen molar-refractivity contribution in [1.82, 2.24) is 0 Å². The molecule has 2 N–H and O–H groups in total. The van der Waals surface area contributed by atoms with E-state index in [1.54, 1.807) is 11.8 Å². The SMILES string of the molecule is CSc1ccc(C2CN=C(N)N2c2cccc(C)c2)cc1. The van der Waals surface area contributed by atoms with E-state index >= 15 is 0 Å². The summed E-state index contributed by atoms with van der Waals surface area (Å²) in [5.74, 6) is 0.597. The zero-order valence-electron chi connectivity index (χ0n) is 12.3. The maximum Gasteiger partial charge on any atom is 0.196 e. The standard InChI is InChI=1S/C17H19N3S/c1-12-4-3-5-14(10-12)20-16(11-19-17(20)18)13-6-8-15(21-2)9-7-13/h3-10,16H,11H2,1-2H3,(H2,18,19). The zero-order chi connectivity index (χ0) is 14.8. The third kappa shape index (κ3) is 2.76. The van der Waals surface area contributed by atoms with E-state index in [-0.39, 0.29) is 6.04 Å². The van der Waals surface area contributed by atoms with Crippen molar-refractivity contribution in [2.24, 2.45) is 10.7 Å². The Kier molecular flexibility index (Phi) is 3.88. The maximum atomic E-state index is 6.12. The second kappa shape index (κ2) is 5.82. The number of hydrogen-bond donors (Lipinski definition) is 1. The van der Waals surface area contributed by atoms with Gasteiger partial charge in [0.25, 0.3) is 0 Å². The Balaban J connectivity index is 1.94. The van der Waals surface area contributed by atoms with Crippen LogP contribution in [0.4, 0.5) is 5.69 Å². The molecule has 0 bridgehead atoms. The summed E-state index contributed by atoms with van der Waals surface area (Å²) in [6.45, 7) is 2.80. The number of aryl methyl sites for hydroxylation is 1. The summed E-state index contributed by atoms with van der Waals surface area (Å²) in [6.07, 6.45) is 2.09. The highest BCUT2D eigenvalue weighted by atomic mass is 32.2. The molecule has 0 radical (unpaired) electrons. The summed E-state index contributed by atoms with van der Waals surface area (Å²) in [6, 6.07) is 17.2. The highest BCUT2D eigenvalue weighted by Crippen LogP contribution is 2.32. The van der Waals surface area contributed by atoms with Crippen LogP contribution in [0, 0.1) is 6.92 Å². The van der Waals surface area contributed by atoms with Gasteiger partial charge in [0.15, 0.2) is 5.96 Å². The van der Waals surface area contributed by atoms with Gasteiger partial charge in [-0.05, 0) is 48.6 Å². The van der Waals surface area contributed by atoms with E-state index in [2.05, 4.69) is 71.6 Å². The van der Waals surface area contributed by atoms with Gasteiger partial charge in [-0.1, -0.05) is 24.3 Å². The summed E-state index contributed by atoms with van der Waals surface area (Å²) in [5, 5.41) is 0. The van der Waals surface area contributed by atoms with Crippen molar-refractivity contribution in [3.63, 3.8) is 0 Å². The molecule has 2 aromatic carbocycles. The van der Waals surface area contributed by atoms with Gasteiger partial charge >= 0.3 is 0 Å². The smallest absolute Gasteiger partial charge is 0.196 e. The number of hydrogen-bond acceptors (Lipinski definition) is 4. The van der Waals surface area contributed by atoms with Gasteiger partial charge in [0.2, 0.25) is 0 Å². The Labute approximate surface area is 129 Å². The number of thioether (sulfide) groups is 1. The number of guanidine groups is 1. The average Bonchev–Trinajstić information content (AvgIpc) is 2.89. The molecule has 0 spiro atoms. The number of anilines is 1. The number of nitrogens with zero attached hydrogens (tertiary/aromatic N) is 2. The monoisotopic (exact) mass is 297 g/mol. The van der Waals surface area contributed by atoms with Crippen LogP contribution in [0.3, 0.4) is 0 Å². The molecule has 0 saturated heterocycles. The summed E-state index contributed by atoms with van der Waals surface area (Å²) in [7, 11) is 0. The number of nitrogens with two attached hydrogens (primary N) is 1. The van der Waals surface area contributed by atoms with Crippen LogP contribution in [-0.4, -0.2) is 18.8 Å². The summed E-state index contributed by atoms with van der Waals surface area (Å²) >= 11 is 1.75. The van der Waals surface area contributed by atoms with E-state index in [4.69, 9.17) is 5.73 Å². The molecule has 2 aromatic rings. The van der Waals surface area contributed by atoms with Gasteiger partial charge in [-0.15, -0.1) is 11.8 Å². The van der Waals surface area contributed by atoms with Crippen LogP contribution in [0.1, 0.15) is 17.2 Å². The van der Waals surface area contributed by atoms with Crippen LogP contribution in [0.25, 0.3) is 0 Å². The molecule has 3 nitrogen and oxygen atoms in total. The van der Waals surface area contributed by atoms with E-state index in [1.807, 2.05) is 0 Å². The maximum absolute atomic E-state index is 6.12. The molecule has 1 atom stereocenters. The van der Waals surface area contributed by atoms with Crippen molar-refractivity contribution in [3.05, 3.63) is 59.7 Å². The number of aliphatic imine (C=N–C) groups is 1. The van der Waals surface area contributed by atoms with Crippen molar-refractivity contribution >= 4 is 23.4 Å². The largest absolute Gasteiger partial charge is 0.369 e. The highest BCUT2D eigenvalue weighted by Gasteiger charge is 2.28. The van der Waals surface area contributed by atoms with Gasteiger partial charge in [-0.25, -0.2) is 0 Å². The van der Waals surface area contributed by atoms with Crippen LogP contribution in [0.2, 0.25) is 0 Å². The van der Waals surface area contributed by atoms with E-state index in [0.29, 0.717) is 12.5 Å². The predicted molar refractivity (Wildman–Crippen MR) is 91.1 cm³/mol. The van der Waals surface area contributed by atoms with Gasteiger partial charge in [0.05, 0.1) is 12.6 Å². The van der Waals surface area contributed by atoms with Gasteiger partial charge in [-0.3, -0.25) is 4.99 Å².